The van der Waals surface area contributed by atoms with Crippen LogP contribution in [-0.2, 0) is 17.6 Å². The summed E-state index contributed by atoms with van der Waals surface area (Å²) in [6.45, 7) is 6.97. The monoisotopic (exact) mass is 397 g/mol. The molecular formula is C23H31N3OS. The minimum absolute atomic E-state index is 0.0493. The zero-order valence-electron chi connectivity index (χ0n) is 16.8. The Morgan fingerprint density at radius 3 is 2.57 bits per heavy atom. The van der Waals surface area contributed by atoms with Crippen molar-refractivity contribution in [3.63, 3.8) is 0 Å². The van der Waals surface area contributed by atoms with Gasteiger partial charge in [-0.15, -0.1) is 0 Å². The summed E-state index contributed by atoms with van der Waals surface area (Å²) in [5.74, 6) is 0.0493. The van der Waals surface area contributed by atoms with Gasteiger partial charge in [-0.2, -0.15) is 0 Å². The van der Waals surface area contributed by atoms with Crippen LogP contribution >= 0.6 is 11.8 Å². The largest absolute Gasteiger partial charge is 0.398 e. The number of likely N-dealkylation sites (N-methyl/N-ethyl adjacent to an activating group) is 1. The number of amides is 1. The Labute approximate surface area is 173 Å². The standard InChI is InChI=1S/C23H31N3OS/c1-4-18-11-12-21(24)22(15-18)28-17(2)10-13-23(27)26-20(16-25-3)14-19-8-6-5-7-9-19/h5-9,11-12,15,20,25H,2,4,10,13-14,16,24H2,1,3H3,(H,26,27). The average molecular weight is 398 g/mol. The predicted molar refractivity (Wildman–Crippen MR) is 120 cm³/mol. The Morgan fingerprint density at radius 1 is 1.14 bits per heavy atom. The van der Waals surface area contributed by atoms with Gasteiger partial charge < -0.3 is 16.4 Å². The molecule has 0 aliphatic heterocycles. The smallest absolute Gasteiger partial charge is 0.220 e. The van der Waals surface area contributed by atoms with Crippen molar-refractivity contribution in [3.05, 3.63) is 71.1 Å². The van der Waals surface area contributed by atoms with Crippen LogP contribution in [0.4, 0.5) is 5.69 Å². The molecule has 0 radical (unpaired) electrons. The van der Waals surface area contributed by atoms with Crippen LogP contribution in [0.3, 0.4) is 0 Å². The van der Waals surface area contributed by atoms with Crippen molar-refractivity contribution in [1.29, 1.82) is 0 Å². The third-order valence-electron chi connectivity index (χ3n) is 4.51. The maximum absolute atomic E-state index is 12.4. The second kappa shape index (κ2) is 11.6. The number of nitrogens with one attached hydrogen (secondary N) is 2. The minimum atomic E-state index is 0.0493. The van der Waals surface area contributed by atoms with Crippen LogP contribution in [-0.4, -0.2) is 25.5 Å². The van der Waals surface area contributed by atoms with Gasteiger partial charge >= 0.3 is 0 Å². The van der Waals surface area contributed by atoms with Gasteiger partial charge in [-0.1, -0.05) is 61.7 Å². The van der Waals surface area contributed by atoms with Crippen molar-refractivity contribution >= 4 is 23.4 Å². The van der Waals surface area contributed by atoms with E-state index in [2.05, 4.69) is 42.3 Å². The summed E-state index contributed by atoms with van der Waals surface area (Å²) < 4.78 is 0. The van der Waals surface area contributed by atoms with Gasteiger partial charge in [0.2, 0.25) is 5.91 Å². The number of allylic oxidation sites excluding steroid dienone is 1. The number of benzene rings is 2. The fraction of sp³-hybridized carbons (Fsp3) is 0.348. The molecule has 0 spiro atoms. The first-order valence-electron chi connectivity index (χ1n) is 9.73. The molecule has 1 amide bonds. The lowest BCUT2D eigenvalue weighted by atomic mass is 10.1. The van der Waals surface area contributed by atoms with Gasteiger partial charge in [0.25, 0.3) is 0 Å². The van der Waals surface area contributed by atoms with Crippen molar-refractivity contribution in [2.45, 2.75) is 43.5 Å². The van der Waals surface area contributed by atoms with Crippen molar-refractivity contribution in [3.8, 4) is 0 Å². The lowest BCUT2D eigenvalue weighted by Crippen LogP contribution is -2.42. The lowest BCUT2D eigenvalue weighted by Gasteiger charge is -2.19. The van der Waals surface area contributed by atoms with Gasteiger partial charge in [0, 0.05) is 29.6 Å². The third-order valence-corrected chi connectivity index (χ3v) is 5.58. The molecule has 150 valence electrons. The number of thioether (sulfide) groups is 1. The van der Waals surface area contributed by atoms with Gasteiger partial charge in [0.1, 0.15) is 0 Å². The molecule has 0 saturated heterocycles. The minimum Gasteiger partial charge on any atom is -0.398 e. The van der Waals surface area contributed by atoms with E-state index >= 15 is 0 Å². The van der Waals surface area contributed by atoms with E-state index in [4.69, 9.17) is 5.73 Å². The van der Waals surface area contributed by atoms with Crippen LogP contribution in [0.2, 0.25) is 0 Å². The van der Waals surface area contributed by atoms with E-state index in [1.165, 1.54) is 11.1 Å². The lowest BCUT2D eigenvalue weighted by molar-refractivity contribution is -0.121. The molecule has 1 atom stereocenters. The zero-order chi connectivity index (χ0) is 20.4. The van der Waals surface area contributed by atoms with Crippen LogP contribution in [0.1, 0.15) is 30.9 Å². The molecule has 28 heavy (non-hydrogen) atoms. The molecule has 0 saturated carbocycles. The molecule has 0 aliphatic rings. The molecule has 5 heteroatoms. The second-order valence-electron chi connectivity index (χ2n) is 6.88. The first kappa shape index (κ1) is 22.1. The van der Waals surface area contributed by atoms with Gasteiger partial charge in [-0.25, -0.2) is 0 Å². The maximum atomic E-state index is 12.4. The Bertz CT molecular complexity index is 777. The summed E-state index contributed by atoms with van der Waals surface area (Å²) in [7, 11) is 1.90. The molecule has 4 N–H and O–H groups in total. The number of anilines is 1. The first-order valence-corrected chi connectivity index (χ1v) is 10.5. The Kier molecular flexibility index (Phi) is 9.11. The molecule has 2 aromatic carbocycles. The summed E-state index contributed by atoms with van der Waals surface area (Å²) in [5.41, 5.74) is 9.29. The number of hydrogen-bond donors (Lipinski definition) is 3. The summed E-state index contributed by atoms with van der Waals surface area (Å²) >= 11 is 1.56. The number of nitrogens with two attached hydrogens (primary N) is 1. The Morgan fingerprint density at radius 2 is 1.89 bits per heavy atom. The zero-order valence-corrected chi connectivity index (χ0v) is 17.6. The number of aryl methyl sites for hydroxylation is 1. The highest BCUT2D eigenvalue weighted by molar-refractivity contribution is 8.03. The molecule has 1 unspecified atom stereocenters. The van der Waals surface area contributed by atoms with Crippen LogP contribution in [0.5, 0.6) is 0 Å². The molecule has 0 aliphatic carbocycles. The topological polar surface area (TPSA) is 67.2 Å². The van der Waals surface area contributed by atoms with E-state index < -0.39 is 0 Å². The number of hydrogen-bond acceptors (Lipinski definition) is 4. The number of nitrogen functional groups attached to an aromatic ring is 1. The SMILES string of the molecule is C=C(CCC(=O)NC(CNC)Cc1ccccc1)Sc1cc(CC)ccc1N. The predicted octanol–water partition coefficient (Wildman–Crippen LogP) is 4.16. The van der Waals surface area contributed by atoms with Crippen molar-refractivity contribution in [2.75, 3.05) is 19.3 Å². The Hall–Kier alpha value is -2.24. The van der Waals surface area contributed by atoms with Gasteiger partial charge in [-0.3, -0.25) is 4.79 Å². The molecular weight excluding hydrogens is 366 g/mol. The molecule has 2 rings (SSSR count). The quantitative estimate of drug-likeness (QED) is 0.393. The van der Waals surface area contributed by atoms with Crippen LogP contribution < -0.4 is 16.4 Å². The Balaban J connectivity index is 1.83. The normalized spacial score (nSPS) is 11.8. The second-order valence-corrected chi connectivity index (χ2v) is 8.10. The van der Waals surface area contributed by atoms with E-state index in [0.29, 0.717) is 12.8 Å². The highest BCUT2D eigenvalue weighted by Gasteiger charge is 2.13. The summed E-state index contributed by atoms with van der Waals surface area (Å²) in [6.07, 6.45) is 2.83. The fourth-order valence-electron chi connectivity index (χ4n) is 2.97. The molecule has 0 fully saturated rings. The van der Waals surface area contributed by atoms with Crippen LogP contribution in [0.25, 0.3) is 0 Å². The van der Waals surface area contributed by atoms with E-state index in [1.807, 2.05) is 37.4 Å². The van der Waals surface area contributed by atoms with Crippen LogP contribution in [0, 0.1) is 0 Å². The molecule has 0 heterocycles. The number of carbonyl (C=O) groups excluding carboxylic acids is 1. The highest BCUT2D eigenvalue weighted by atomic mass is 32.2. The molecule has 0 bridgehead atoms. The molecule has 2 aromatic rings. The number of carbonyl (C=O) groups is 1. The fourth-order valence-corrected chi connectivity index (χ4v) is 3.88. The van der Waals surface area contributed by atoms with E-state index in [9.17, 15) is 4.79 Å². The molecule has 4 nitrogen and oxygen atoms in total. The van der Waals surface area contributed by atoms with Crippen LogP contribution in [0.15, 0.2) is 64.9 Å². The van der Waals surface area contributed by atoms with E-state index in [-0.39, 0.29) is 11.9 Å². The van der Waals surface area contributed by atoms with Crippen molar-refractivity contribution in [1.82, 2.24) is 10.6 Å². The summed E-state index contributed by atoms with van der Waals surface area (Å²) in [5, 5.41) is 6.30. The summed E-state index contributed by atoms with van der Waals surface area (Å²) in [6, 6.07) is 16.4. The van der Waals surface area contributed by atoms with Gasteiger partial charge in [-0.05, 0) is 54.5 Å². The van der Waals surface area contributed by atoms with Gasteiger partial charge in [0.05, 0.1) is 0 Å². The van der Waals surface area contributed by atoms with Crippen molar-refractivity contribution < 1.29 is 4.79 Å². The van der Waals surface area contributed by atoms with Gasteiger partial charge in [0.15, 0.2) is 0 Å². The number of rotatable bonds is 11. The van der Waals surface area contributed by atoms with E-state index in [1.54, 1.807) is 11.8 Å². The molecule has 0 aromatic heterocycles. The summed E-state index contributed by atoms with van der Waals surface area (Å²) in [4.78, 5) is 14.4. The average Bonchev–Trinajstić information content (AvgIpc) is 2.69. The maximum Gasteiger partial charge on any atom is 0.220 e. The first-order chi connectivity index (χ1) is 13.5. The third kappa shape index (κ3) is 7.41. The van der Waals surface area contributed by atoms with E-state index in [0.717, 1.165) is 34.9 Å². The highest BCUT2D eigenvalue weighted by Crippen LogP contribution is 2.33. The van der Waals surface area contributed by atoms with Crippen molar-refractivity contribution in [2.24, 2.45) is 0 Å².